The number of morpholine rings is 1. The van der Waals surface area contributed by atoms with Crippen LogP contribution in [0.25, 0.3) is 0 Å². The lowest BCUT2D eigenvalue weighted by molar-refractivity contribution is -0.00313. The van der Waals surface area contributed by atoms with Crippen molar-refractivity contribution in [1.82, 2.24) is 19.9 Å². The fraction of sp³-hybridized carbons (Fsp3) is 0.667. The molecule has 1 aromatic heterocycles. The van der Waals surface area contributed by atoms with Crippen molar-refractivity contribution in [2.24, 2.45) is 7.05 Å². The monoisotopic (exact) mass is 207 g/mol. The van der Waals surface area contributed by atoms with E-state index < -0.39 is 0 Å². The number of rotatable bonds is 2. The van der Waals surface area contributed by atoms with Gasteiger partial charge in [-0.05, 0) is 0 Å². The van der Waals surface area contributed by atoms with Gasteiger partial charge in [-0.15, -0.1) is 5.10 Å². The molecule has 1 unspecified atom stereocenters. The van der Waals surface area contributed by atoms with Gasteiger partial charge in [-0.25, -0.2) is 0 Å². The summed E-state index contributed by atoms with van der Waals surface area (Å²) < 4.78 is 6.93. The molecule has 1 atom stereocenters. The first-order valence-electron chi connectivity index (χ1n) is 4.86. The van der Waals surface area contributed by atoms with Crippen molar-refractivity contribution in [3.63, 3.8) is 0 Å². The first-order chi connectivity index (χ1) is 7.28. The highest BCUT2D eigenvalue weighted by atomic mass is 16.5. The van der Waals surface area contributed by atoms with Gasteiger partial charge in [-0.3, -0.25) is 9.58 Å². The van der Waals surface area contributed by atoms with Crippen LogP contribution >= 0.6 is 0 Å². The molecule has 15 heavy (non-hydrogen) atoms. The molecule has 0 amide bonds. The Balaban J connectivity index is 1.92. The molecule has 1 aliphatic heterocycles. The van der Waals surface area contributed by atoms with Gasteiger partial charge in [-0.1, -0.05) is 5.21 Å². The van der Waals surface area contributed by atoms with Crippen molar-refractivity contribution < 1.29 is 4.74 Å². The molecular weight excluding hydrogens is 194 g/mol. The van der Waals surface area contributed by atoms with Gasteiger partial charge in [0.05, 0.1) is 18.4 Å². The molecule has 0 aliphatic carbocycles. The van der Waals surface area contributed by atoms with Gasteiger partial charge in [0.1, 0.15) is 0 Å². The zero-order valence-corrected chi connectivity index (χ0v) is 8.63. The van der Waals surface area contributed by atoms with Crippen LogP contribution < -0.4 is 0 Å². The molecule has 2 heterocycles. The van der Waals surface area contributed by atoms with E-state index in [9.17, 15) is 0 Å². The Kier molecular flexibility index (Phi) is 2.94. The lowest BCUT2D eigenvalue weighted by Crippen LogP contribution is -2.41. The maximum Gasteiger partial charge on any atom is 0.156 e. The Morgan fingerprint density at radius 2 is 2.60 bits per heavy atom. The van der Waals surface area contributed by atoms with Gasteiger partial charge >= 0.3 is 0 Å². The molecule has 0 aromatic carbocycles. The van der Waals surface area contributed by atoms with Crippen molar-refractivity contribution in [2.75, 3.05) is 19.7 Å². The molecule has 0 saturated carbocycles. The molecule has 1 saturated heterocycles. The van der Waals surface area contributed by atoms with Crippen LogP contribution in [0.4, 0.5) is 0 Å². The highest BCUT2D eigenvalue weighted by Gasteiger charge is 2.20. The quantitative estimate of drug-likeness (QED) is 0.656. The van der Waals surface area contributed by atoms with Crippen LogP contribution in [0.1, 0.15) is 5.69 Å². The van der Waals surface area contributed by atoms with Crippen molar-refractivity contribution >= 4 is 0 Å². The molecule has 1 aliphatic rings. The van der Waals surface area contributed by atoms with Crippen LogP contribution in [0.3, 0.4) is 0 Å². The third kappa shape index (κ3) is 2.52. The first kappa shape index (κ1) is 10.1. The zero-order chi connectivity index (χ0) is 10.7. The molecule has 2 rings (SSSR count). The van der Waals surface area contributed by atoms with E-state index in [1.807, 2.05) is 13.2 Å². The van der Waals surface area contributed by atoms with E-state index in [4.69, 9.17) is 10.00 Å². The summed E-state index contributed by atoms with van der Waals surface area (Å²) in [5.41, 5.74) is 0.927. The highest BCUT2D eigenvalue weighted by Crippen LogP contribution is 2.07. The molecule has 0 N–H and O–H groups in total. The minimum atomic E-state index is -0.310. The normalized spacial score (nSPS) is 22.5. The number of ether oxygens (including phenoxy) is 1. The largest absolute Gasteiger partial charge is 0.361 e. The molecule has 1 fully saturated rings. The topological polar surface area (TPSA) is 67.0 Å². The van der Waals surface area contributed by atoms with Crippen LogP contribution in [0.2, 0.25) is 0 Å². The summed E-state index contributed by atoms with van der Waals surface area (Å²) in [6.45, 7) is 2.83. The summed E-state index contributed by atoms with van der Waals surface area (Å²) in [6.07, 6.45) is 1.58. The van der Waals surface area contributed by atoms with Gasteiger partial charge in [0, 0.05) is 32.9 Å². The van der Waals surface area contributed by atoms with E-state index in [0.717, 1.165) is 18.8 Å². The summed E-state index contributed by atoms with van der Waals surface area (Å²) in [5.74, 6) is 0. The van der Waals surface area contributed by atoms with E-state index in [2.05, 4.69) is 21.3 Å². The second-order valence-electron chi connectivity index (χ2n) is 3.61. The average molecular weight is 207 g/mol. The van der Waals surface area contributed by atoms with Gasteiger partial charge < -0.3 is 4.74 Å². The summed E-state index contributed by atoms with van der Waals surface area (Å²) in [7, 11) is 1.84. The van der Waals surface area contributed by atoms with Crippen LogP contribution in [-0.4, -0.2) is 45.7 Å². The molecule has 0 radical (unpaired) electrons. The predicted molar refractivity (Wildman–Crippen MR) is 51.6 cm³/mol. The van der Waals surface area contributed by atoms with Crippen LogP contribution in [0, 0.1) is 11.3 Å². The zero-order valence-electron chi connectivity index (χ0n) is 8.63. The SMILES string of the molecule is Cn1cc(CN2CCOC(C#N)C2)nn1. The minimum absolute atomic E-state index is 0.310. The summed E-state index contributed by atoms with van der Waals surface area (Å²) in [6, 6.07) is 2.12. The standard InChI is InChI=1S/C9H13N5O/c1-13-5-8(11-12-13)6-14-2-3-15-9(4-10)7-14/h5,9H,2-3,6-7H2,1H3. The summed E-state index contributed by atoms with van der Waals surface area (Å²) >= 11 is 0. The van der Waals surface area contributed by atoms with Crippen LogP contribution in [-0.2, 0) is 18.3 Å². The van der Waals surface area contributed by atoms with Gasteiger partial charge in [0.2, 0.25) is 0 Å². The molecule has 0 bridgehead atoms. The van der Waals surface area contributed by atoms with Gasteiger partial charge in [0.15, 0.2) is 6.10 Å². The molecular formula is C9H13N5O. The Hall–Kier alpha value is -1.45. The lowest BCUT2D eigenvalue weighted by Gasteiger charge is -2.28. The smallest absolute Gasteiger partial charge is 0.156 e. The fourth-order valence-electron chi connectivity index (χ4n) is 1.62. The van der Waals surface area contributed by atoms with E-state index in [0.29, 0.717) is 13.2 Å². The van der Waals surface area contributed by atoms with Crippen LogP contribution in [0.5, 0.6) is 0 Å². The van der Waals surface area contributed by atoms with Crippen molar-refractivity contribution in [2.45, 2.75) is 12.6 Å². The Morgan fingerprint density at radius 1 is 1.73 bits per heavy atom. The van der Waals surface area contributed by atoms with Crippen molar-refractivity contribution in [1.29, 1.82) is 5.26 Å². The third-order valence-electron chi connectivity index (χ3n) is 2.33. The predicted octanol–water partition coefficient (Wildman–Crippen LogP) is -0.461. The fourth-order valence-corrected chi connectivity index (χ4v) is 1.62. The first-order valence-corrected chi connectivity index (χ1v) is 4.86. The second-order valence-corrected chi connectivity index (χ2v) is 3.61. The van der Waals surface area contributed by atoms with Gasteiger partial charge in [-0.2, -0.15) is 5.26 Å². The van der Waals surface area contributed by atoms with E-state index in [1.165, 1.54) is 0 Å². The Bertz CT molecular complexity index is 369. The number of hydrogen-bond acceptors (Lipinski definition) is 5. The number of aryl methyl sites for hydroxylation is 1. The molecule has 0 spiro atoms. The summed E-state index contributed by atoms with van der Waals surface area (Å²) in [5, 5.41) is 16.6. The van der Waals surface area contributed by atoms with Crippen molar-refractivity contribution in [3.05, 3.63) is 11.9 Å². The van der Waals surface area contributed by atoms with E-state index >= 15 is 0 Å². The second kappa shape index (κ2) is 4.38. The maximum atomic E-state index is 8.75. The number of aromatic nitrogens is 3. The van der Waals surface area contributed by atoms with E-state index in [-0.39, 0.29) is 6.10 Å². The van der Waals surface area contributed by atoms with Crippen LogP contribution in [0.15, 0.2) is 6.20 Å². The summed E-state index contributed by atoms with van der Waals surface area (Å²) in [4.78, 5) is 2.15. The Morgan fingerprint density at radius 3 is 3.27 bits per heavy atom. The van der Waals surface area contributed by atoms with E-state index in [1.54, 1.807) is 4.68 Å². The minimum Gasteiger partial charge on any atom is -0.361 e. The van der Waals surface area contributed by atoms with Crippen molar-refractivity contribution in [3.8, 4) is 6.07 Å². The number of hydrogen-bond donors (Lipinski definition) is 0. The molecule has 1 aromatic rings. The third-order valence-corrected chi connectivity index (χ3v) is 2.33. The lowest BCUT2D eigenvalue weighted by atomic mass is 10.3. The number of nitrogens with zero attached hydrogens (tertiary/aromatic N) is 5. The Labute approximate surface area is 88.0 Å². The molecule has 6 nitrogen and oxygen atoms in total. The maximum absolute atomic E-state index is 8.75. The van der Waals surface area contributed by atoms with Gasteiger partial charge in [0.25, 0.3) is 0 Å². The number of nitriles is 1. The highest BCUT2D eigenvalue weighted by molar-refractivity contribution is 4.95. The molecule has 6 heteroatoms. The molecule has 80 valence electrons. The average Bonchev–Trinajstić information content (AvgIpc) is 2.64.